The number of amides is 1. The molecular formula is C37H59FN4O2. The minimum atomic E-state index is -1.09. The zero-order valence-corrected chi connectivity index (χ0v) is 29.2. The molecule has 1 amide bonds. The van der Waals surface area contributed by atoms with Crippen molar-refractivity contribution in [1.29, 1.82) is 5.26 Å². The molecule has 0 aromatic heterocycles. The second-order valence-electron chi connectivity index (χ2n) is 12.2. The lowest BCUT2D eigenvalue weighted by Crippen LogP contribution is -2.40. The van der Waals surface area contributed by atoms with Crippen molar-refractivity contribution in [2.75, 3.05) is 18.0 Å². The number of halogens is 1. The largest absolute Gasteiger partial charge is 0.386 e. The number of rotatable bonds is 13. The van der Waals surface area contributed by atoms with Gasteiger partial charge in [0.05, 0.1) is 11.2 Å². The molecule has 1 aromatic carbocycles. The summed E-state index contributed by atoms with van der Waals surface area (Å²) in [5.74, 6) is 0.304. The summed E-state index contributed by atoms with van der Waals surface area (Å²) < 4.78 is 14.2. The van der Waals surface area contributed by atoms with Gasteiger partial charge in [-0.25, -0.2) is 9.38 Å². The van der Waals surface area contributed by atoms with Gasteiger partial charge in [-0.2, -0.15) is 5.26 Å². The number of benzene rings is 1. The van der Waals surface area contributed by atoms with Gasteiger partial charge in [-0.15, -0.1) is 0 Å². The van der Waals surface area contributed by atoms with Crippen LogP contribution in [0.2, 0.25) is 0 Å². The highest BCUT2D eigenvalue weighted by Crippen LogP contribution is 2.41. The van der Waals surface area contributed by atoms with Crippen molar-refractivity contribution in [3.8, 4) is 6.07 Å². The number of nitrogens with zero attached hydrogens (tertiary/aromatic N) is 4. The molecular weight excluding hydrogens is 551 g/mol. The first kappa shape index (κ1) is 40.8. The number of allylic oxidation sites excluding steroid dienone is 2. The fraction of sp³-hybridized carbons (Fsp3) is 0.595. The number of hydrogen-bond donors (Lipinski definition) is 1. The van der Waals surface area contributed by atoms with Gasteiger partial charge >= 0.3 is 0 Å². The van der Waals surface area contributed by atoms with E-state index >= 15 is 0 Å². The molecule has 44 heavy (non-hydrogen) atoms. The number of nitriles is 1. The molecule has 1 saturated carbocycles. The van der Waals surface area contributed by atoms with Crippen molar-refractivity contribution >= 4 is 18.3 Å². The first-order chi connectivity index (χ1) is 20.8. The summed E-state index contributed by atoms with van der Waals surface area (Å²) >= 11 is 0. The molecule has 2 rings (SSSR count). The highest BCUT2D eigenvalue weighted by atomic mass is 19.1. The Hall–Kier alpha value is -3.24. The van der Waals surface area contributed by atoms with Crippen LogP contribution in [0.3, 0.4) is 0 Å². The summed E-state index contributed by atoms with van der Waals surface area (Å²) in [7, 11) is 0. The first-order valence-electron chi connectivity index (χ1n) is 16.3. The van der Waals surface area contributed by atoms with E-state index in [-0.39, 0.29) is 16.9 Å². The maximum atomic E-state index is 14.2. The van der Waals surface area contributed by atoms with E-state index in [1.54, 1.807) is 30.9 Å². The van der Waals surface area contributed by atoms with Crippen LogP contribution in [0.4, 0.5) is 10.1 Å². The molecule has 7 heteroatoms. The monoisotopic (exact) mass is 610 g/mol. The quantitative estimate of drug-likeness (QED) is 0.178. The molecule has 0 bridgehead atoms. The predicted octanol–water partition coefficient (Wildman–Crippen LogP) is 9.48. The molecule has 246 valence electrons. The number of aliphatic imine (C=N–C) groups is 1. The number of aryl methyl sites for hydroxylation is 1. The molecule has 6 nitrogen and oxygen atoms in total. The van der Waals surface area contributed by atoms with Gasteiger partial charge in [0.1, 0.15) is 17.7 Å². The van der Waals surface area contributed by atoms with E-state index in [1.165, 1.54) is 25.1 Å². The fourth-order valence-corrected chi connectivity index (χ4v) is 5.02. The normalized spacial score (nSPS) is 18.5. The molecule has 1 aromatic rings. The second-order valence-corrected chi connectivity index (χ2v) is 12.2. The Morgan fingerprint density at radius 2 is 1.91 bits per heavy atom. The van der Waals surface area contributed by atoms with Crippen molar-refractivity contribution in [1.82, 2.24) is 4.90 Å². The molecule has 2 atom stereocenters. The molecule has 0 radical (unpaired) electrons. The Morgan fingerprint density at radius 3 is 2.41 bits per heavy atom. The van der Waals surface area contributed by atoms with Crippen LogP contribution in [0.1, 0.15) is 118 Å². The molecule has 0 saturated heterocycles. The first-order valence-corrected chi connectivity index (χ1v) is 16.3. The minimum absolute atomic E-state index is 0.0421. The lowest BCUT2D eigenvalue weighted by molar-refractivity contribution is -0.117. The number of aliphatic hydroxyl groups is 1. The van der Waals surface area contributed by atoms with E-state index in [0.29, 0.717) is 17.9 Å². The average molecular weight is 611 g/mol. The third-order valence-electron chi connectivity index (χ3n) is 7.74. The van der Waals surface area contributed by atoms with Gasteiger partial charge in [0, 0.05) is 31.2 Å². The highest BCUT2D eigenvalue weighted by molar-refractivity contribution is 5.81. The molecule has 0 spiro atoms. The fourth-order valence-electron chi connectivity index (χ4n) is 5.02. The number of carbonyl (C=O) groups excluding carboxylic acids is 1. The number of unbranched alkanes of at least 4 members (excludes halogenated alkanes) is 1. The van der Waals surface area contributed by atoms with Gasteiger partial charge < -0.3 is 10.0 Å². The minimum Gasteiger partial charge on any atom is -0.386 e. The smallest absolute Gasteiger partial charge is 0.215 e. The Kier molecular flexibility index (Phi) is 19.1. The highest BCUT2D eigenvalue weighted by Gasteiger charge is 2.35. The van der Waals surface area contributed by atoms with E-state index in [4.69, 9.17) is 0 Å². The Balaban J connectivity index is 0.00000284. The molecule has 1 N–H and O–H groups in total. The van der Waals surface area contributed by atoms with E-state index in [1.807, 2.05) is 40.0 Å². The van der Waals surface area contributed by atoms with E-state index < -0.39 is 11.4 Å². The van der Waals surface area contributed by atoms with Crippen molar-refractivity contribution in [3.63, 3.8) is 0 Å². The van der Waals surface area contributed by atoms with Gasteiger partial charge in [0.15, 0.2) is 0 Å². The maximum Gasteiger partial charge on any atom is 0.215 e. The number of hydrogen-bond acceptors (Lipinski definition) is 5. The van der Waals surface area contributed by atoms with Crippen LogP contribution in [0.15, 0.2) is 53.5 Å². The van der Waals surface area contributed by atoms with Gasteiger partial charge in [-0.3, -0.25) is 9.69 Å². The molecule has 1 aliphatic rings. The Bertz CT molecular complexity index is 1160. The van der Waals surface area contributed by atoms with Crippen LogP contribution in [-0.4, -0.2) is 41.3 Å². The second kappa shape index (κ2) is 20.7. The molecule has 0 aliphatic heterocycles. The van der Waals surface area contributed by atoms with Crippen LogP contribution in [-0.2, 0) is 4.79 Å². The van der Waals surface area contributed by atoms with Gasteiger partial charge in [0.25, 0.3) is 0 Å². The average Bonchev–Trinajstić information content (AvgIpc) is 2.99. The summed E-state index contributed by atoms with van der Waals surface area (Å²) in [5.41, 5.74) is 0.993. The van der Waals surface area contributed by atoms with Gasteiger partial charge in [-0.05, 0) is 94.1 Å². The number of anilines is 1. The molecule has 1 aliphatic carbocycles. The van der Waals surface area contributed by atoms with Crippen LogP contribution < -0.4 is 4.90 Å². The Labute approximate surface area is 268 Å². The van der Waals surface area contributed by atoms with Crippen molar-refractivity contribution in [2.45, 2.75) is 120 Å². The lowest BCUT2D eigenvalue weighted by atomic mass is 9.70. The van der Waals surface area contributed by atoms with E-state index in [9.17, 15) is 19.6 Å². The summed E-state index contributed by atoms with van der Waals surface area (Å²) in [6, 6.07) is 5.03. The summed E-state index contributed by atoms with van der Waals surface area (Å²) in [6.45, 7) is 24.8. The molecule has 1 fully saturated rings. The third kappa shape index (κ3) is 13.6. The van der Waals surface area contributed by atoms with Gasteiger partial charge in [-0.1, -0.05) is 73.5 Å². The summed E-state index contributed by atoms with van der Waals surface area (Å²) in [5, 5.41) is 19.5. The SMILES string of the molecule is C=C(/C=N\C(=C/C)N(C=O)CC1CCC[C@](C)(CN(/C=C\CC)c2cc(C#N)c(F)cc2C)C1)C(C)(C)O.CC.CCCC. The molecule has 0 heterocycles. The topological polar surface area (TPSA) is 79.9 Å². The third-order valence-corrected chi connectivity index (χ3v) is 7.74. The zero-order chi connectivity index (χ0) is 33.9. The van der Waals surface area contributed by atoms with Gasteiger partial charge in [0.2, 0.25) is 6.41 Å². The lowest BCUT2D eigenvalue weighted by Gasteiger charge is -2.42. The van der Waals surface area contributed by atoms with Crippen molar-refractivity contribution in [3.05, 3.63) is 65.4 Å². The van der Waals surface area contributed by atoms with Crippen LogP contribution in [0, 0.1) is 35.4 Å². The van der Waals surface area contributed by atoms with E-state index in [2.05, 4.69) is 50.2 Å². The van der Waals surface area contributed by atoms with Crippen LogP contribution in [0.5, 0.6) is 0 Å². The van der Waals surface area contributed by atoms with Crippen molar-refractivity contribution in [2.24, 2.45) is 16.3 Å². The maximum absolute atomic E-state index is 14.2. The predicted molar refractivity (Wildman–Crippen MR) is 185 cm³/mol. The Morgan fingerprint density at radius 1 is 1.27 bits per heavy atom. The number of carbonyl (C=O) groups is 1. The standard InChI is InChI=1S/C31H43FN4O2.C4H10.C2H6/c1-8-10-14-35(28-16-26(18-33)27(32)15-23(28)3)21-31(7)13-11-12-25(17-31)20-36(22-37)29(9-2)34-19-24(4)30(5,6)38;1-3-4-2;1-2/h9-10,14-16,19,22,25,38H,4,8,11-13,17,20-21H2,1-3,5-7H3;3-4H2,1-2H3;1-2H3/b14-10-,29-9+,34-19-;;/t25?,31-;;/m0../s1. The molecule has 1 unspecified atom stereocenters. The summed E-state index contributed by atoms with van der Waals surface area (Å²) in [4.78, 5) is 20.3. The van der Waals surface area contributed by atoms with Crippen LogP contribution >= 0.6 is 0 Å². The van der Waals surface area contributed by atoms with E-state index in [0.717, 1.165) is 56.3 Å². The van der Waals surface area contributed by atoms with Crippen LogP contribution in [0.25, 0.3) is 0 Å². The summed E-state index contributed by atoms with van der Waals surface area (Å²) in [6.07, 6.45) is 15.7. The van der Waals surface area contributed by atoms with Crippen molar-refractivity contribution < 1.29 is 14.3 Å². The zero-order valence-electron chi connectivity index (χ0n) is 29.2.